The van der Waals surface area contributed by atoms with E-state index in [0.717, 1.165) is 9.75 Å². The Morgan fingerprint density at radius 1 is 1.15 bits per heavy atom. The highest BCUT2D eigenvalue weighted by atomic mass is 32.1. The third-order valence-electron chi connectivity index (χ3n) is 3.92. The van der Waals surface area contributed by atoms with Crippen molar-refractivity contribution in [3.05, 3.63) is 51.2 Å². The molecule has 1 amide bonds. The number of Topliss-reactive ketones (excluding diaryl/α,β-unsaturated/α-hetero) is 1. The first-order chi connectivity index (χ1) is 12.3. The molecule has 1 atom stereocenters. The maximum Gasteiger partial charge on any atom is 0.330 e. The van der Waals surface area contributed by atoms with Gasteiger partial charge in [-0.3, -0.25) is 9.59 Å². The summed E-state index contributed by atoms with van der Waals surface area (Å²) in [6.45, 7) is 3.79. The Bertz CT molecular complexity index is 810. The largest absolute Gasteiger partial charge is 0.497 e. The van der Waals surface area contributed by atoms with Crippen LogP contribution in [0.2, 0.25) is 0 Å². The third-order valence-corrected chi connectivity index (χ3v) is 4.89. The lowest BCUT2D eigenvalue weighted by molar-refractivity contribution is -0.142. The molecule has 2 N–H and O–H groups in total. The number of carbonyl (C=O) groups excluding carboxylic acids is 2. The van der Waals surface area contributed by atoms with Gasteiger partial charge in [0.25, 0.3) is 0 Å². The molecule has 6 nitrogen and oxygen atoms in total. The van der Waals surface area contributed by atoms with E-state index >= 15 is 0 Å². The number of hydrogen-bond acceptors (Lipinski definition) is 5. The maximum absolute atomic E-state index is 12.2. The number of ketones is 1. The summed E-state index contributed by atoms with van der Waals surface area (Å²) in [7, 11) is 1.51. The van der Waals surface area contributed by atoms with Gasteiger partial charge in [0, 0.05) is 28.2 Å². The van der Waals surface area contributed by atoms with Gasteiger partial charge in [0.1, 0.15) is 5.75 Å². The molecule has 1 heterocycles. The fourth-order valence-electron chi connectivity index (χ4n) is 2.59. The lowest BCUT2D eigenvalue weighted by atomic mass is 10.0. The smallest absolute Gasteiger partial charge is 0.330 e. The van der Waals surface area contributed by atoms with Crippen molar-refractivity contribution in [2.45, 2.75) is 32.7 Å². The van der Waals surface area contributed by atoms with E-state index in [1.807, 2.05) is 19.9 Å². The molecule has 7 heteroatoms. The van der Waals surface area contributed by atoms with Gasteiger partial charge in [-0.05, 0) is 37.6 Å². The summed E-state index contributed by atoms with van der Waals surface area (Å²) in [4.78, 5) is 37.8. The molecular formula is C19H21NO5S. The van der Waals surface area contributed by atoms with Crippen molar-refractivity contribution in [2.24, 2.45) is 0 Å². The number of carboxylic acids is 1. The van der Waals surface area contributed by atoms with E-state index in [-0.39, 0.29) is 18.6 Å². The van der Waals surface area contributed by atoms with Crippen molar-refractivity contribution in [3.8, 4) is 5.75 Å². The van der Waals surface area contributed by atoms with Crippen LogP contribution in [0.25, 0.3) is 0 Å². The van der Waals surface area contributed by atoms with Gasteiger partial charge in [-0.15, -0.1) is 11.3 Å². The second kappa shape index (κ2) is 8.62. The topological polar surface area (TPSA) is 92.7 Å². The fraction of sp³-hybridized carbons (Fsp3) is 0.316. The summed E-state index contributed by atoms with van der Waals surface area (Å²) in [6.07, 6.45) is -0.0229. The molecule has 0 aliphatic carbocycles. The highest BCUT2D eigenvalue weighted by Crippen LogP contribution is 2.22. The highest BCUT2D eigenvalue weighted by molar-refractivity contribution is 7.12. The van der Waals surface area contributed by atoms with E-state index in [2.05, 4.69) is 5.32 Å². The Balaban J connectivity index is 1.98. The number of aryl methyl sites for hydroxylation is 2. The zero-order chi connectivity index (χ0) is 19.3. The van der Waals surface area contributed by atoms with E-state index in [1.165, 1.54) is 18.4 Å². The van der Waals surface area contributed by atoms with E-state index < -0.39 is 17.9 Å². The molecule has 1 unspecified atom stereocenters. The van der Waals surface area contributed by atoms with Crippen LogP contribution in [0.1, 0.15) is 44.6 Å². The van der Waals surface area contributed by atoms with Crippen LogP contribution in [0.15, 0.2) is 30.3 Å². The maximum atomic E-state index is 12.2. The predicted molar refractivity (Wildman–Crippen MR) is 98.9 cm³/mol. The van der Waals surface area contributed by atoms with Gasteiger partial charge in [0.05, 0.1) is 7.11 Å². The minimum atomic E-state index is -1.17. The van der Waals surface area contributed by atoms with Gasteiger partial charge >= 0.3 is 5.97 Å². The van der Waals surface area contributed by atoms with Crippen molar-refractivity contribution in [2.75, 3.05) is 7.11 Å². The molecule has 1 aromatic heterocycles. The molecule has 0 saturated heterocycles. The number of benzene rings is 1. The molecule has 0 aliphatic heterocycles. The molecule has 138 valence electrons. The normalized spacial score (nSPS) is 11.7. The monoisotopic (exact) mass is 375 g/mol. The molecular weight excluding hydrogens is 354 g/mol. The summed E-state index contributed by atoms with van der Waals surface area (Å²) >= 11 is 1.54. The van der Waals surface area contributed by atoms with Crippen LogP contribution in [0.3, 0.4) is 0 Å². The number of thiophene rings is 1. The van der Waals surface area contributed by atoms with E-state index in [9.17, 15) is 19.5 Å². The van der Waals surface area contributed by atoms with Crippen LogP contribution in [0.4, 0.5) is 0 Å². The van der Waals surface area contributed by atoms with E-state index in [4.69, 9.17) is 4.74 Å². The number of ether oxygens (including phenoxy) is 1. The van der Waals surface area contributed by atoms with Crippen LogP contribution in [-0.2, 0) is 9.59 Å². The summed E-state index contributed by atoms with van der Waals surface area (Å²) in [5.41, 5.74) is 1.06. The number of carboxylic acid groups (broad SMARTS) is 1. The van der Waals surface area contributed by atoms with Crippen molar-refractivity contribution < 1.29 is 24.2 Å². The van der Waals surface area contributed by atoms with Gasteiger partial charge in [0.2, 0.25) is 5.91 Å². The summed E-state index contributed by atoms with van der Waals surface area (Å²) in [6, 6.07) is 7.07. The molecule has 2 rings (SSSR count). The minimum absolute atomic E-state index is 0.0395. The van der Waals surface area contributed by atoms with Gasteiger partial charge in [0.15, 0.2) is 11.8 Å². The van der Waals surface area contributed by atoms with Crippen molar-refractivity contribution in [3.63, 3.8) is 0 Å². The van der Waals surface area contributed by atoms with Crippen LogP contribution in [0, 0.1) is 13.8 Å². The number of aliphatic carboxylic acids is 1. The Morgan fingerprint density at radius 3 is 2.31 bits per heavy atom. The zero-order valence-corrected chi connectivity index (χ0v) is 15.7. The molecule has 0 fully saturated rings. The Kier molecular flexibility index (Phi) is 6.52. The van der Waals surface area contributed by atoms with Gasteiger partial charge < -0.3 is 15.2 Å². The molecule has 1 aromatic carbocycles. The minimum Gasteiger partial charge on any atom is -0.497 e. The SMILES string of the molecule is COc1ccc(C(NC(=O)CCC(=O)c2cc(C)sc2C)C(=O)O)cc1. The Hall–Kier alpha value is -2.67. The molecule has 26 heavy (non-hydrogen) atoms. The molecule has 0 aliphatic rings. The van der Waals surface area contributed by atoms with Crippen molar-refractivity contribution >= 4 is 29.0 Å². The van der Waals surface area contributed by atoms with Crippen LogP contribution >= 0.6 is 11.3 Å². The molecule has 0 radical (unpaired) electrons. The second-order valence-corrected chi connectivity index (χ2v) is 7.32. The number of carbonyl (C=O) groups is 3. The zero-order valence-electron chi connectivity index (χ0n) is 14.9. The number of amides is 1. The van der Waals surface area contributed by atoms with Crippen LogP contribution < -0.4 is 10.1 Å². The average Bonchev–Trinajstić information content (AvgIpc) is 2.95. The first kappa shape index (κ1) is 19.7. The van der Waals surface area contributed by atoms with Crippen LogP contribution in [-0.4, -0.2) is 29.9 Å². The molecule has 2 aromatic rings. The first-order valence-corrected chi connectivity index (χ1v) is 8.89. The summed E-state index contributed by atoms with van der Waals surface area (Å²) in [5.74, 6) is -1.17. The Labute approximate surface area is 155 Å². The lowest BCUT2D eigenvalue weighted by Gasteiger charge is -2.15. The molecule has 0 saturated carbocycles. The average molecular weight is 375 g/mol. The van der Waals surface area contributed by atoms with Gasteiger partial charge in [-0.2, -0.15) is 0 Å². The number of hydrogen-bond donors (Lipinski definition) is 2. The summed E-state index contributed by atoms with van der Waals surface area (Å²) in [5, 5.41) is 11.9. The fourth-order valence-corrected chi connectivity index (χ4v) is 3.53. The number of rotatable bonds is 8. The van der Waals surface area contributed by atoms with E-state index in [0.29, 0.717) is 16.9 Å². The molecule has 0 spiro atoms. The second-order valence-electron chi connectivity index (χ2n) is 5.86. The van der Waals surface area contributed by atoms with Gasteiger partial charge in [-0.1, -0.05) is 12.1 Å². The first-order valence-electron chi connectivity index (χ1n) is 8.08. The van der Waals surface area contributed by atoms with E-state index in [1.54, 1.807) is 24.3 Å². The van der Waals surface area contributed by atoms with Crippen LogP contribution in [0.5, 0.6) is 5.75 Å². The van der Waals surface area contributed by atoms with Gasteiger partial charge in [-0.25, -0.2) is 4.79 Å². The third kappa shape index (κ3) is 4.92. The highest BCUT2D eigenvalue weighted by Gasteiger charge is 2.23. The van der Waals surface area contributed by atoms with Crippen molar-refractivity contribution in [1.82, 2.24) is 5.32 Å². The lowest BCUT2D eigenvalue weighted by Crippen LogP contribution is -2.33. The quantitative estimate of drug-likeness (QED) is 0.691. The van der Waals surface area contributed by atoms with Crippen molar-refractivity contribution in [1.29, 1.82) is 0 Å². The summed E-state index contributed by atoms with van der Waals surface area (Å²) < 4.78 is 5.04. The standard InChI is InChI=1S/C19H21NO5S/c1-11-10-15(12(2)26-11)16(21)8-9-17(22)20-18(19(23)24)13-4-6-14(25-3)7-5-13/h4-7,10,18H,8-9H2,1-3H3,(H,20,22)(H,23,24). The number of nitrogens with one attached hydrogen (secondary N) is 1. The predicted octanol–water partition coefficient (Wildman–Crippen LogP) is 3.28. The Morgan fingerprint density at radius 2 is 1.81 bits per heavy atom. The molecule has 0 bridgehead atoms. The number of methoxy groups -OCH3 is 1.